The lowest BCUT2D eigenvalue weighted by Gasteiger charge is -2.09. The molecule has 2 aliphatic heterocycles. The summed E-state index contributed by atoms with van der Waals surface area (Å²) in [4.78, 5) is 23.0. The molecule has 0 amide bonds. The quantitative estimate of drug-likeness (QED) is 0.538. The first-order chi connectivity index (χ1) is 9.77. The van der Waals surface area contributed by atoms with E-state index in [1.54, 1.807) is 24.3 Å². The Morgan fingerprint density at radius 1 is 0.700 bits per heavy atom. The minimum Gasteiger partial charge on any atom is -0.462 e. The van der Waals surface area contributed by atoms with E-state index in [4.69, 9.17) is 9.47 Å². The van der Waals surface area contributed by atoms with Gasteiger partial charge in [0.15, 0.2) is 0 Å². The number of esters is 2. The van der Waals surface area contributed by atoms with Gasteiger partial charge in [0.2, 0.25) is 0 Å². The Bertz CT molecular complexity index is 382. The van der Waals surface area contributed by atoms with Crippen molar-refractivity contribution in [1.82, 2.24) is 0 Å². The molecule has 0 saturated heterocycles. The molecule has 0 N–H and O–H groups in total. The summed E-state index contributed by atoms with van der Waals surface area (Å²) < 4.78 is 10.1. The average molecular weight is 276 g/mol. The molecule has 0 radical (unpaired) electrons. The van der Waals surface area contributed by atoms with Gasteiger partial charge in [0.25, 0.3) is 0 Å². The topological polar surface area (TPSA) is 52.6 Å². The normalized spacial score (nSPS) is 14.0. The summed E-state index contributed by atoms with van der Waals surface area (Å²) in [5, 5.41) is 0. The lowest BCUT2D eigenvalue weighted by molar-refractivity contribution is 0.0427. The highest BCUT2D eigenvalue weighted by Crippen LogP contribution is 2.09. The van der Waals surface area contributed by atoms with Crippen molar-refractivity contribution in [2.24, 2.45) is 0 Å². The number of rotatable bonds is 0. The summed E-state index contributed by atoms with van der Waals surface area (Å²) in [6.07, 6.45) is 1.41. The molecule has 2 bridgehead atoms. The first-order valence-corrected chi connectivity index (χ1v) is 6.22. The summed E-state index contributed by atoms with van der Waals surface area (Å²) in [5.41, 5.74) is 0.911. The Kier molecular flexibility index (Phi) is 9.31. The van der Waals surface area contributed by atoms with Crippen molar-refractivity contribution in [2.75, 3.05) is 13.2 Å². The van der Waals surface area contributed by atoms with E-state index in [2.05, 4.69) is 26.3 Å². The molecule has 1 aromatic rings. The Morgan fingerprint density at radius 2 is 1.00 bits per heavy atom. The number of carbonyl (C=O) groups is 2. The van der Waals surface area contributed by atoms with Gasteiger partial charge >= 0.3 is 11.9 Å². The van der Waals surface area contributed by atoms with Crippen LogP contribution in [0, 0.1) is 0 Å². The van der Waals surface area contributed by atoms with Crippen molar-refractivity contribution in [2.45, 2.75) is 12.8 Å². The van der Waals surface area contributed by atoms with Crippen LogP contribution in [0.3, 0.4) is 0 Å². The molecule has 0 saturated carbocycles. The zero-order valence-electron chi connectivity index (χ0n) is 11.6. The Hall–Kier alpha value is -2.36. The second-order valence-corrected chi connectivity index (χ2v) is 3.56. The average Bonchev–Trinajstić information content (AvgIpc) is 2.53. The third kappa shape index (κ3) is 5.52. The standard InChI is InChI=1S/C12H12O4.2C2H4/c13-11-9-3-5-10(6-4-9)12(14)16-8-2-1-7-15-11;2*1-2/h3-6H,1-2,7-8H2;2*1-2H2. The van der Waals surface area contributed by atoms with Crippen molar-refractivity contribution in [3.63, 3.8) is 0 Å². The van der Waals surface area contributed by atoms with Gasteiger partial charge in [-0.15, -0.1) is 26.3 Å². The smallest absolute Gasteiger partial charge is 0.338 e. The number of ether oxygens (including phenoxy) is 2. The summed E-state index contributed by atoms with van der Waals surface area (Å²) in [7, 11) is 0. The van der Waals surface area contributed by atoms with Gasteiger partial charge in [0.05, 0.1) is 24.3 Å². The molecule has 2 heterocycles. The Labute approximate surface area is 119 Å². The van der Waals surface area contributed by atoms with E-state index >= 15 is 0 Å². The minimum absolute atomic E-state index is 0.347. The zero-order chi connectivity index (χ0) is 15.4. The third-order valence-corrected chi connectivity index (χ3v) is 2.36. The van der Waals surface area contributed by atoms with Crippen molar-refractivity contribution in [3.05, 3.63) is 61.7 Å². The summed E-state index contributed by atoms with van der Waals surface area (Å²) in [5.74, 6) is -0.694. The molecule has 4 heteroatoms. The van der Waals surface area contributed by atoms with Crippen molar-refractivity contribution in [1.29, 1.82) is 0 Å². The van der Waals surface area contributed by atoms with Gasteiger partial charge in [0.1, 0.15) is 0 Å². The maximum absolute atomic E-state index is 11.5. The molecule has 0 aromatic heterocycles. The fourth-order valence-electron chi connectivity index (χ4n) is 1.44. The number of hydrogen-bond donors (Lipinski definition) is 0. The maximum Gasteiger partial charge on any atom is 0.338 e. The fraction of sp³-hybridized carbons (Fsp3) is 0.250. The van der Waals surface area contributed by atoms with Crippen LogP contribution >= 0.6 is 0 Å². The van der Waals surface area contributed by atoms with Gasteiger partial charge in [-0.05, 0) is 37.1 Å². The molecular weight excluding hydrogens is 256 g/mol. The van der Waals surface area contributed by atoms with Crippen LogP contribution in [0.5, 0.6) is 0 Å². The molecule has 0 aliphatic carbocycles. The summed E-state index contributed by atoms with van der Waals surface area (Å²) in [6.45, 7) is 12.7. The number of hydrogen-bond acceptors (Lipinski definition) is 4. The van der Waals surface area contributed by atoms with Gasteiger partial charge in [-0.25, -0.2) is 9.59 Å². The van der Waals surface area contributed by atoms with E-state index in [1.165, 1.54) is 0 Å². The summed E-state index contributed by atoms with van der Waals surface area (Å²) in [6, 6.07) is 6.28. The lowest BCUT2D eigenvalue weighted by Crippen LogP contribution is -2.12. The van der Waals surface area contributed by atoms with E-state index in [0.717, 1.165) is 0 Å². The first kappa shape index (κ1) is 17.6. The van der Waals surface area contributed by atoms with Crippen LogP contribution in [0.15, 0.2) is 50.6 Å². The monoisotopic (exact) mass is 276 g/mol. The summed E-state index contributed by atoms with van der Waals surface area (Å²) >= 11 is 0. The SMILES string of the molecule is C=C.C=C.O=C1OCCCCOC(=O)c2ccc1cc2. The van der Waals surface area contributed by atoms with E-state index in [0.29, 0.717) is 37.2 Å². The zero-order valence-corrected chi connectivity index (χ0v) is 11.6. The van der Waals surface area contributed by atoms with E-state index < -0.39 is 0 Å². The van der Waals surface area contributed by atoms with Gasteiger partial charge in [-0.1, -0.05) is 0 Å². The second-order valence-electron chi connectivity index (χ2n) is 3.56. The fourth-order valence-corrected chi connectivity index (χ4v) is 1.44. The Balaban J connectivity index is 0.000000829. The van der Waals surface area contributed by atoms with Crippen LogP contribution in [0.4, 0.5) is 0 Å². The largest absolute Gasteiger partial charge is 0.462 e. The minimum atomic E-state index is -0.347. The molecule has 4 nitrogen and oxygen atoms in total. The second kappa shape index (κ2) is 10.6. The van der Waals surface area contributed by atoms with E-state index in [-0.39, 0.29) is 11.9 Å². The van der Waals surface area contributed by atoms with Gasteiger partial charge in [0, 0.05) is 0 Å². The molecule has 3 rings (SSSR count). The number of benzene rings is 1. The van der Waals surface area contributed by atoms with Gasteiger partial charge in [-0.3, -0.25) is 0 Å². The molecule has 0 fully saturated rings. The number of fused-ring (bicyclic) bond motifs is 9. The molecular formula is C16H20O4. The van der Waals surface area contributed by atoms with Crippen LogP contribution in [-0.4, -0.2) is 25.2 Å². The van der Waals surface area contributed by atoms with Gasteiger partial charge in [-0.2, -0.15) is 0 Å². The van der Waals surface area contributed by atoms with Gasteiger partial charge < -0.3 is 9.47 Å². The van der Waals surface area contributed by atoms with Crippen molar-refractivity contribution in [3.8, 4) is 0 Å². The predicted octanol–water partition coefficient (Wildman–Crippen LogP) is 3.40. The molecule has 0 unspecified atom stereocenters. The lowest BCUT2D eigenvalue weighted by atomic mass is 10.1. The van der Waals surface area contributed by atoms with Crippen molar-refractivity contribution < 1.29 is 19.1 Å². The highest BCUT2D eigenvalue weighted by molar-refractivity contribution is 5.93. The highest BCUT2D eigenvalue weighted by Gasteiger charge is 2.12. The predicted molar refractivity (Wildman–Crippen MR) is 78.7 cm³/mol. The third-order valence-electron chi connectivity index (χ3n) is 2.36. The number of carbonyl (C=O) groups excluding carboxylic acids is 2. The Morgan fingerprint density at radius 3 is 1.30 bits per heavy atom. The molecule has 0 atom stereocenters. The van der Waals surface area contributed by atoms with Crippen LogP contribution in [-0.2, 0) is 9.47 Å². The molecule has 2 aliphatic rings. The molecule has 0 spiro atoms. The van der Waals surface area contributed by atoms with Crippen molar-refractivity contribution >= 4 is 11.9 Å². The van der Waals surface area contributed by atoms with Crippen LogP contribution in [0.2, 0.25) is 0 Å². The van der Waals surface area contributed by atoms with Crippen LogP contribution in [0.25, 0.3) is 0 Å². The van der Waals surface area contributed by atoms with E-state index in [1.807, 2.05) is 0 Å². The first-order valence-electron chi connectivity index (χ1n) is 6.22. The molecule has 20 heavy (non-hydrogen) atoms. The van der Waals surface area contributed by atoms with Crippen LogP contribution in [0.1, 0.15) is 33.6 Å². The molecule has 108 valence electrons. The maximum atomic E-state index is 11.5. The van der Waals surface area contributed by atoms with Crippen LogP contribution < -0.4 is 0 Å². The van der Waals surface area contributed by atoms with E-state index in [9.17, 15) is 9.59 Å². The molecule has 1 aromatic carbocycles. The highest BCUT2D eigenvalue weighted by atomic mass is 16.5.